The summed E-state index contributed by atoms with van der Waals surface area (Å²) in [4.78, 5) is 9.11. The van der Waals surface area contributed by atoms with Gasteiger partial charge in [0.05, 0.1) is 0 Å². The molecule has 0 saturated carbocycles. The van der Waals surface area contributed by atoms with Gasteiger partial charge < -0.3 is 35.3 Å². The maximum Gasteiger partial charge on any atom is 4.00 e. The van der Waals surface area contributed by atoms with Gasteiger partial charge in [0.2, 0.25) is 0 Å². The van der Waals surface area contributed by atoms with Crippen LogP contribution < -0.4 is 35.2 Å². The average molecular weight is 612 g/mol. The summed E-state index contributed by atoms with van der Waals surface area (Å²) in [5, 5.41) is 2.90. The van der Waals surface area contributed by atoms with Crippen LogP contribution in [0, 0.1) is 12.0 Å². The SMILES string of the molecule is CC([NH-])=O.CC1=[C-]C(C)C(C)=C1C.[Cl-].[Cl-].[Hf+4].c1ccc([SiH]c2ccccc2)cc1. The van der Waals surface area contributed by atoms with E-state index in [9.17, 15) is 0 Å². The topological polar surface area (TPSA) is 40.9 Å². The minimum Gasteiger partial charge on any atom is -1.00 e. The molecule has 1 amide bonds. The third kappa shape index (κ3) is 13.8. The van der Waals surface area contributed by atoms with Crippen molar-refractivity contribution in [1.82, 2.24) is 0 Å². The standard InChI is InChI=1S/C12H11Si.C9H13.C2H5NO.2ClH.Hf/c1-3-7-11(8-4-1)13-12-9-5-2-6-10-12;1-6-5-7(2)9(4)8(6)3;1-2(3)4;;;/h1-10,13H;6H,1-4H3;1H3,(H2,3,4);2*1H;/q;-1;;;;+4/p-3. The number of carbonyl (C=O) groups excluding carboxylic acids is 1. The Morgan fingerprint density at radius 3 is 1.45 bits per heavy atom. The van der Waals surface area contributed by atoms with Crippen molar-refractivity contribution in [3.8, 4) is 0 Å². The second-order valence-electron chi connectivity index (χ2n) is 6.32. The van der Waals surface area contributed by atoms with Crippen LogP contribution in [0.4, 0.5) is 0 Å². The fourth-order valence-corrected chi connectivity index (χ4v) is 3.67. The van der Waals surface area contributed by atoms with E-state index in [0.29, 0.717) is 5.92 Å². The monoisotopic (exact) mass is 612 g/mol. The molecular formula is C23H28Cl2HfNOSi. The Balaban J connectivity index is -0.000000376. The molecule has 2 aromatic carbocycles. The number of benzene rings is 2. The van der Waals surface area contributed by atoms with Gasteiger partial charge in [-0.3, -0.25) is 6.08 Å². The van der Waals surface area contributed by atoms with Gasteiger partial charge in [0.1, 0.15) is 9.52 Å². The summed E-state index contributed by atoms with van der Waals surface area (Å²) in [5.74, 6) is -0.0231. The van der Waals surface area contributed by atoms with E-state index >= 15 is 0 Å². The Morgan fingerprint density at radius 1 is 0.897 bits per heavy atom. The van der Waals surface area contributed by atoms with Gasteiger partial charge in [-0.05, 0) is 6.92 Å². The first-order valence-corrected chi connectivity index (χ1v) is 9.91. The van der Waals surface area contributed by atoms with Gasteiger partial charge in [-0.2, -0.15) is 11.1 Å². The Morgan fingerprint density at radius 2 is 1.24 bits per heavy atom. The molecule has 0 heterocycles. The van der Waals surface area contributed by atoms with Crippen LogP contribution in [0.3, 0.4) is 0 Å². The second-order valence-corrected chi connectivity index (χ2v) is 7.94. The Labute approximate surface area is 209 Å². The van der Waals surface area contributed by atoms with E-state index < -0.39 is 5.91 Å². The zero-order chi connectivity index (χ0) is 19.5. The molecule has 2 aromatic rings. The van der Waals surface area contributed by atoms with E-state index in [1.54, 1.807) is 0 Å². The number of amides is 1. The van der Waals surface area contributed by atoms with Crippen molar-refractivity contribution in [3.05, 3.63) is 89.2 Å². The van der Waals surface area contributed by atoms with Crippen molar-refractivity contribution < 1.29 is 55.5 Å². The molecule has 3 rings (SSSR count). The minimum absolute atomic E-state index is 0. The van der Waals surface area contributed by atoms with Crippen molar-refractivity contribution in [1.29, 1.82) is 0 Å². The van der Waals surface area contributed by atoms with Crippen molar-refractivity contribution >= 4 is 25.8 Å². The van der Waals surface area contributed by atoms with Crippen LogP contribution in [0.1, 0.15) is 34.6 Å². The molecule has 1 aliphatic rings. The Kier molecular flexibility index (Phi) is 20.2. The predicted octanol–water partition coefficient (Wildman–Crippen LogP) is -1.61. The van der Waals surface area contributed by atoms with Gasteiger partial charge >= 0.3 is 25.8 Å². The van der Waals surface area contributed by atoms with E-state index in [1.807, 2.05) is 0 Å². The van der Waals surface area contributed by atoms with Gasteiger partial charge in [0.15, 0.2) is 0 Å². The van der Waals surface area contributed by atoms with Crippen LogP contribution in [0.15, 0.2) is 77.4 Å². The summed E-state index contributed by atoms with van der Waals surface area (Å²) in [7, 11) is 0.271. The van der Waals surface area contributed by atoms with Gasteiger partial charge in [0.25, 0.3) is 0 Å². The number of hydrogen-bond acceptors (Lipinski definition) is 1. The van der Waals surface area contributed by atoms with Crippen LogP contribution in [0.5, 0.6) is 0 Å². The molecule has 0 aromatic heterocycles. The van der Waals surface area contributed by atoms with Crippen LogP contribution in [-0.2, 0) is 30.6 Å². The zero-order valence-electron chi connectivity index (χ0n) is 17.6. The van der Waals surface area contributed by atoms with E-state index in [4.69, 9.17) is 10.5 Å². The zero-order valence-corrected chi connectivity index (χ0v) is 23.9. The third-order valence-corrected chi connectivity index (χ3v) is 5.61. The van der Waals surface area contributed by atoms with Gasteiger partial charge in [-0.15, -0.1) is 6.92 Å². The van der Waals surface area contributed by atoms with E-state index in [1.165, 1.54) is 34.0 Å². The van der Waals surface area contributed by atoms with Gasteiger partial charge in [-0.1, -0.05) is 97.7 Å². The summed E-state index contributed by atoms with van der Waals surface area (Å²) in [6.45, 7) is 9.86. The first kappa shape index (κ1) is 32.7. The van der Waals surface area contributed by atoms with Crippen LogP contribution >= 0.6 is 0 Å². The van der Waals surface area contributed by atoms with E-state index in [0.717, 1.165) is 0 Å². The van der Waals surface area contributed by atoms with Gasteiger partial charge in [0, 0.05) is 5.91 Å². The Hall–Kier alpha value is -0.943. The number of hydrogen-bond donors (Lipinski definition) is 0. The molecule has 0 aliphatic heterocycles. The summed E-state index contributed by atoms with van der Waals surface area (Å²) in [6, 6.07) is 21.3. The quantitative estimate of drug-likeness (QED) is 0.298. The van der Waals surface area contributed by atoms with E-state index in [2.05, 4.69) is 94.4 Å². The molecule has 6 heteroatoms. The van der Waals surface area contributed by atoms with Crippen molar-refractivity contribution in [2.75, 3.05) is 0 Å². The number of allylic oxidation sites excluding steroid dienone is 4. The molecule has 1 aliphatic carbocycles. The van der Waals surface area contributed by atoms with Crippen LogP contribution in [-0.4, -0.2) is 15.4 Å². The van der Waals surface area contributed by atoms with Crippen molar-refractivity contribution in [2.45, 2.75) is 34.6 Å². The molecule has 1 radical (unpaired) electrons. The van der Waals surface area contributed by atoms with Crippen molar-refractivity contribution in [3.63, 3.8) is 0 Å². The number of nitrogens with one attached hydrogen (secondary N) is 1. The summed E-state index contributed by atoms with van der Waals surface area (Å²) in [5.41, 5.74) is 10.2. The smallest absolute Gasteiger partial charge is 1.00 e. The molecular weight excluding hydrogens is 584 g/mol. The molecule has 0 spiro atoms. The molecule has 0 bridgehead atoms. The second kappa shape index (κ2) is 17.9. The number of halogens is 2. The largest absolute Gasteiger partial charge is 4.00 e. The Bertz CT molecular complexity index is 723. The summed E-state index contributed by atoms with van der Waals surface area (Å²) >= 11 is 0. The van der Waals surface area contributed by atoms with E-state index in [-0.39, 0.29) is 60.2 Å². The van der Waals surface area contributed by atoms with Crippen LogP contribution in [0.25, 0.3) is 5.73 Å². The molecule has 153 valence electrons. The fraction of sp³-hybridized carbons (Fsp3) is 0.261. The molecule has 1 N–H and O–H groups in total. The summed E-state index contributed by atoms with van der Waals surface area (Å²) in [6.07, 6.45) is 3.36. The minimum atomic E-state index is -0.583. The van der Waals surface area contributed by atoms with Gasteiger partial charge in [-0.25, -0.2) is 5.57 Å². The first-order chi connectivity index (χ1) is 12.3. The molecule has 0 fully saturated rings. The molecule has 0 saturated heterocycles. The first-order valence-electron chi connectivity index (χ1n) is 8.76. The molecule has 2 nitrogen and oxygen atoms in total. The fourth-order valence-electron chi connectivity index (χ4n) is 2.45. The number of rotatable bonds is 2. The maximum atomic E-state index is 9.11. The normalized spacial score (nSPS) is 13.7. The third-order valence-electron chi connectivity index (χ3n) is 4.17. The van der Waals surface area contributed by atoms with Crippen molar-refractivity contribution in [2.24, 2.45) is 5.92 Å². The predicted molar refractivity (Wildman–Crippen MR) is 114 cm³/mol. The summed E-state index contributed by atoms with van der Waals surface area (Å²) < 4.78 is 0. The molecule has 1 unspecified atom stereocenters. The number of carbonyl (C=O) groups is 1. The molecule has 1 atom stereocenters. The molecule has 29 heavy (non-hydrogen) atoms. The average Bonchev–Trinajstić information content (AvgIpc) is 2.83. The maximum absolute atomic E-state index is 9.11. The van der Waals surface area contributed by atoms with Crippen LogP contribution in [0.2, 0.25) is 0 Å².